The Kier molecular flexibility index (Phi) is 6.52. The Hall–Kier alpha value is -1.89. The molecule has 1 aromatic heterocycles. The van der Waals surface area contributed by atoms with Crippen molar-refractivity contribution in [1.82, 2.24) is 4.90 Å². The molecule has 27 heavy (non-hydrogen) atoms. The number of esters is 2. The van der Waals surface area contributed by atoms with Gasteiger partial charge in [0.25, 0.3) is 0 Å². The zero-order chi connectivity index (χ0) is 19.4. The molecular formula is C20H22ClNO4S. The molecule has 1 atom stereocenters. The first-order chi connectivity index (χ1) is 13.0. The fourth-order valence-corrected chi connectivity index (χ4v) is 4.75. The number of carbonyl (C=O) groups is 2. The predicted octanol–water partition coefficient (Wildman–Crippen LogP) is 3.78. The smallest absolute Gasteiger partial charge is 0.327 e. The highest BCUT2D eigenvalue weighted by molar-refractivity contribution is 7.12. The van der Waals surface area contributed by atoms with Gasteiger partial charge in [0.1, 0.15) is 6.04 Å². The number of benzene rings is 1. The second-order valence-electron chi connectivity index (χ2n) is 6.31. The summed E-state index contributed by atoms with van der Waals surface area (Å²) in [5.41, 5.74) is 1.89. The maximum atomic E-state index is 12.5. The number of methoxy groups -OCH3 is 1. The van der Waals surface area contributed by atoms with E-state index in [9.17, 15) is 9.59 Å². The van der Waals surface area contributed by atoms with Gasteiger partial charge in [0.2, 0.25) is 0 Å². The molecule has 0 N–H and O–H groups in total. The zero-order valence-electron chi connectivity index (χ0n) is 15.4. The lowest BCUT2D eigenvalue weighted by molar-refractivity contribution is -0.147. The van der Waals surface area contributed by atoms with Gasteiger partial charge in [-0.1, -0.05) is 29.8 Å². The number of halogens is 1. The fourth-order valence-electron chi connectivity index (χ4n) is 3.36. The van der Waals surface area contributed by atoms with Gasteiger partial charge in [-0.3, -0.25) is 9.69 Å². The van der Waals surface area contributed by atoms with Crippen molar-refractivity contribution in [3.63, 3.8) is 0 Å². The Bertz CT molecular complexity index is 835. The molecule has 2 aromatic rings. The fraction of sp³-hybridized carbons (Fsp3) is 0.400. The van der Waals surface area contributed by atoms with Crippen molar-refractivity contribution in [1.29, 1.82) is 0 Å². The van der Waals surface area contributed by atoms with E-state index in [0.717, 1.165) is 29.0 Å². The third-order valence-electron chi connectivity index (χ3n) is 4.56. The van der Waals surface area contributed by atoms with E-state index in [4.69, 9.17) is 21.1 Å². The van der Waals surface area contributed by atoms with Crippen molar-refractivity contribution in [2.45, 2.75) is 32.4 Å². The van der Waals surface area contributed by atoms with Gasteiger partial charge in [0.05, 0.1) is 20.1 Å². The van der Waals surface area contributed by atoms with Crippen molar-refractivity contribution in [3.8, 4) is 0 Å². The number of fused-ring (bicyclic) bond motifs is 1. The number of nitrogens with zero attached hydrogens (tertiary/aromatic N) is 1. The topological polar surface area (TPSA) is 55.8 Å². The highest BCUT2D eigenvalue weighted by Crippen LogP contribution is 2.35. The van der Waals surface area contributed by atoms with E-state index in [1.807, 2.05) is 24.3 Å². The van der Waals surface area contributed by atoms with Gasteiger partial charge < -0.3 is 9.47 Å². The lowest BCUT2D eigenvalue weighted by Gasteiger charge is -2.33. The van der Waals surface area contributed by atoms with Crippen molar-refractivity contribution in [2.24, 2.45) is 0 Å². The first kappa shape index (κ1) is 19.9. The highest BCUT2D eigenvalue weighted by Gasteiger charge is 2.33. The molecule has 1 aliphatic rings. The van der Waals surface area contributed by atoms with Crippen molar-refractivity contribution in [2.75, 3.05) is 20.3 Å². The molecule has 1 unspecified atom stereocenters. The largest absolute Gasteiger partial charge is 0.468 e. The van der Waals surface area contributed by atoms with Crippen LogP contribution in [0.4, 0.5) is 0 Å². The van der Waals surface area contributed by atoms with Gasteiger partial charge in [-0.2, -0.15) is 0 Å². The second-order valence-corrected chi connectivity index (χ2v) is 7.94. The quantitative estimate of drug-likeness (QED) is 0.682. The maximum absolute atomic E-state index is 12.5. The van der Waals surface area contributed by atoms with Crippen LogP contribution in [0.15, 0.2) is 30.3 Å². The third-order valence-corrected chi connectivity index (χ3v) is 6.14. The first-order valence-electron chi connectivity index (χ1n) is 8.85. The molecule has 0 bridgehead atoms. The van der Waals surface area contributed by atoms with Gasteiger partial charge in [-0.15, -0.1) is 11.3 Å². The lowest BCUT2D eigenvalue weighted by Crippen LogP contribution is -2.38. The Morgan fingerprint density at radius 1 is 1.33 bits per heavy atom. The standard InChI is InChI=1S/C20H22ClNO4S/c1-3-26-18(23)11-14-10-13-12-22(9-8-17(13)27-14)19(20(24)25-2)15-6-4-5-7-16(15)21/h4-7,10,19H,3,8-9,11-12H2,1-2H3. The maximum Gasteiger partial charge on any atom is 0.327 e. The highest BCUT2D eigenvalue weighted by atomic mass is 35.5. The molecule has 1 aliphatic heterocycles. The SMILES string of the molecule is CCOC(=O)Cc1cc2c(s1)CCN(C(C(=O)OC)c1ccccc1Cl)C2. The summed E-state index contributed by atoms with van der Waals surface area (Å²) >= 11 is 7.99. The number of hydrogen-bond donors (Lipinski definition) is 0. The normalized spacial score (nSPS) is 15.1. The van der Waals surface area contributed by atoms with Crippen LogP contribution in [-0.4, -0.2) is 37.1 Å². The molecule has 0 radical (unpaired) electrons. The summed E-state index contributed by atoms with van der Waals surface area (Å²) < 4.78 is 10.1. The van der Waals surface area contributed by atoms with E-state index in [1.54, 1.807) is 24.3 Å². The number of thiophene rings is 1. The van der Waals surface area contributed by atoms with Crippen LogP contribution in [-0.2, 0) is 38.4 Å². The number of rotatable bonds is 6. The van der Waals surface area contributed by atoms with Crippen LogP contribution < -0.4 is 0 Å². The summed E-state index contributed by atoms with van der Waals surface area (Å²) in [6.45, 7) is 3.52. The molecule has 0 amide bonds. The number of carbonyl (C=O) groups excluding carboxylic acids is 2. The van der Waals surface area contributed by atoms with Crippen molar-refractivity contribution in [3.05, 3.63) is 56.2 Å². The van der Waals surface area contributed by atoms with E-state index in [0.29, 0.717) is 18.2 Å². The minimum atomic E-state index is -0.551. The monoisotopic (exact) mass is 407 g/mol. The summed E-state index contributed by atoms with van der Waals surface area (Å²) in [4.78, 5) is 28.6. The molecule has 3 rings (SSSR count). The third kappa shape index (κ3) is 4.51. The first-order valence-corrected chi connectivity index (χ1v) is 10.0. The van der Waals surface area contributed by atoms with Crippen LogP contribution in [0.3, 0.4) is 0 Å². The number of ether oxygens (including phenoxy) is 2. The molecule has 0 spiro atoms. The van der Waals surface area contributed by atoms with Crippen LogP contribution in [0.5, 0.6) is 0 Å². The Balaban J connectivity index is 1.82. The van der Waals surface area contributed by atoms with Crippen LogP contribution in [0.1, 0.15) is 33.8 Å². The van der Waals surface area contributed by atoms with Gasteiger partial charge in [-0.05, 0) is 36.6 Å². The summed E-state index contributed by atoms with van der Waals surface area (Å²) in [7, 11) is 1.39. The lowest BCUT2D eigenvalue weighted by atomic mass is 10.0. The molecule has 0 aliphatic carbocycles. The minimum Gasteiger partial charge on any atom is -0.468 e. The molecule has 0 saturated heterocycles. The number of hydrogen-bond acceptors (Lipinski definition) is 6. The van der Waals surface area contributed by atoms with Gasteiger partial charge in [0, 0.05) is 27.9 Å². The molecule has 7 heteroatoms. The molecule has 1 aromatic carbocycles. The van der Waals surface area contributed by atoms with E-state index in [2.05, 4.69) is 4.90 Å². The zero-order valence-corrected chi connectivity index (χ0v) is 16.9. The molecular weight excluding hydrogens is 386 g/mol. The molecule has 2 heterocycles. The summed E-state index contributed by atoms with van der Waals surface area (Å²) in [6.07, 6.45) is 1.11. The van der Waals surface area contributed by atoms with Gasteiger partial charge in [0.15, 0.2) is 0 Å². The van der Waals surface area contributed by atoms with E-state index >= 15 is 0 Å². The van der Waals surface area contributed by atoms with Crippen LogP contribution in [0.25, 0.3) is 0 Å². The van der Waals surface area contributed by atoms with Crippen molar-refractivity contribution >= 4 is 34.9 Å². The Morgan fingerprint density at radius 2 is 2.11 bits per heavy atom. The van der Waals surface area contributed by atoms with Crippen LogP contribution in [0.2, 0.25) is 5.02 Å². The van der Waals surface area contributed by atoms with E-state index in [1.165, 1.54) is 12.0 Å². The predicted molar refractivity (Wildman–Crippen MR) is 105 cm³/mol. The summed E-state index contributed by atoms with van der Waals surface area (Å²) in [5, 5.41) is 0.548. The van der Waals surface area contributed by atoms with Crippen LogP contribution >= 0.6 is 22.9 Å². The van der Waals surface area contributed by atoms with Gasteiger partial charge >= 0.3 is 11.9 Å². The van der Waals surface area contributed by atoms with E-state index in [-0.39, 0.29) is 18.4 Å². The Labute approximate surface area is 167 Å². The molecule has 0 fully saturated rings. The molecule has 5 nitrogen and oxygen atoms in total. The average molecular weight is 408 g/mol. The summed E-state index contributed by atoms with van der Waals surface area (Å²) in [5.74, 6) is -0.537. The molecule has 0 saturated carbocycles. The second kappa shape index (κ2) is 8.87. The average Bonchev–Trinajstić information content (AvgIpc) is 3.04. The summed E-state index contributed by atoms with van der Waals surface area (Å²) in [6, 6.07) is 8.85. The van der Waals surface area contributed by atoms with Gasteiger partial charge in [-0.25, -0.2) is 4.79 Å². The van der Waals surface area contributed by atoms with Crippen molar-refractivity contribution < 1.29 is 19.1 Å². The van der Waals surface area contributed by atoms with Crippen LogP contribution in [0, 0.1) is 0 Å². The van der Waals surface area contributed by atoms with E-state index < -0.39 is 6.04 Å². The minimum absolute atomic E-state index is 0.212. The molecule has 144 valence electrons. The Morgan fingerprint density at radius 3 is 2.81 bits per heavy atom.